The van der Waals surface area contributed by atoms with E-state index in [9.17, 15) is 39.0 Å². The Morgan fingerprint density at radius 2 is 1.43 bits per heavy atom. The standard InChI is InChI=1S/C23H33N5O9/c1-11(2)19(22(35)27-16(23(36)37)10-17(25)30)28-21(34)15(9-12-3-5-13(29)6-4-12)26-20(33)14(24)7-8-18(31)32/h3-6,11,14-16,19,29H,7-10,24H2,1-2H3,(H2,25,30)(H,26,33)(H,27,35)(H,28,34)(H,31,32)(H,36,37). The van der Waals surface area contributed by atoms with Gasteiger partial charge in [0.25, 0.3) is 0 Å². The molecule has 204 valence electrons. The molecule has 0 saturated carbocycles. The summed E-state index contributed by atoms with van der Waals surface area (Å²) in [4.78, 5) is 71.8. The van der Waals surface area contributed by atoms with E-state index in [-0.39, 0.29) is 25.0 Å². The highest BCUT2D eigenvalue weighted by molar-refractivity contribution is 5.95. The number of nitrogens with two attached hydrogens (primary N) is 2. The highest BCUT2D eigenvalue weighted by Gasteiger charge is 2.32. The van der Waals surface area contributed by atoms with E-state index in [0.717, 1.165) is 0 Å². The van der Waals surface area contributed by atoms with Crippen molar-refractivity contribution in [1.29, 1.82) is 0 Å². The van der Waals surface area contributed by atoms with Gasteiger partial charge in [-0.3, -0.25) is 24.0 Å². The van der Waals surface area contributed by atoms with E-state index in [1.807, 2.05) is 0 Å². The molecule has 0 saturated heterocycles. The second kappa shape index (κ2) is 14.4. The zero-order valence-electron chi connectivity index (χ0n) is 20.5. The molecule has 4 unspecified atom stereocenters. The fourth-order valence-corrected chi connectivity index (χ4v) is 3.22. The maximum atomic E-state index is 13.2. The zero-order chi connectivity index (χ0) is 28.3. The van der Waals surface area contributed by atoms with Crippen LogP contribution < -0.4 is 27.4 Å². The molecule has 37 heavy (non-hydrogen) atoms. The molecule has 1 rings (SSSR count). The number of aromatic hydroxyl groups is 1. The average molecular weight is 524 g/mol. The Balaban J connectivity index is 3.10. The first kappa shape index (κ1) is 30.8. The minimum Gasteiger partial charge on any atom is -0.508 e. The number of rotatable bonds is 15. The van der Waals surface area contributed by atoms with Crippen molar-refractivity contribution in [2.75, 3.05) is 0 Å². The molecular formula is C23H33N5O9. The zero-order valence-corrected chi connectivity index (χ0v) is 20.5. The number of carboxylic acid groups (broad SMARTS) is 2. The van der Waals surface area contributed by atoms with Gasteiger partial charge in [-0.1, -0.05) is 26.0 Å². The fraction of sp³-hybridized carbons (Fsp3) is 0.478. The highest BCUT2D eigenvalue weighted by atomic mass is 16.4. The third-order valence-corrected chi connectivity index (χ3v) is 5.28. The van der Waals surface area contributed by atoms with Gasteiger partial charge < -0.3 is 42.7 Å². The van der Waals surface area contributed by atoms with E-state index < -0.39 is 72.1 Å². The van der Waals surface area contributed by atoms with Crippen molar-refractivity contribution in [3.8, 4) is 5.75 Å². The van der Waals surface area contributed by atoms with Crippen molar-refractivity contribution in [2.45, 2.75) is 63.7 Å². The molecule has 0 aliphatic heterocycles. The first-order valence-electron chi connectivity index (χ1n) is 11.4. The van der Waals surface area contributed by atoms with Crippen LogP contribution in [-0.2, 0) is 35.2 Å². The van der Waals surface area contributed by atoms with Crippen molar-refractivity contribution in [3.05, 3.63) is 29.8 Å². The molecule has 0 aromatic heterocycles. The topological polar surface area (TPSA) is 251 Å². The monoisotopic (exact) mass is 523 g/mol. The molecule has 0 radical (unpaired) electrons. The molecule has 0 aliphatic rings. The van der Waals surface area contributed by atoms with Gasteiger partial charge in [-0.05, 0) is 30.0 Å². The summed E-state index contributed by atoms with van der Waals surface area (Å²) in [5.41, 5.74) is 11.3. The summed E-state index contributed by atoms with van der Waals surface area (Å²) in [5, 5.41) is 34.7. The number of carbonyl (C=O) groups excluding carboxylic acids is 4. The van der Waals surface area contributed by atoms with E-state index in [2.05, 4.69) is 16.0 Å². The van der Waals surface area contributed by atoms with E-state index in [1.54, 1.807) is 13.8 Å². The smallest absolute Gasteiger partial charge is 0.326 e. The van der Waals surface area contributed by atoms with Crippen LogP contribution in [0.15, 0.2) is 24.3 Å². The van der Waals surface area contributed by atoms with Crippen LogP contribution in [0.25, 0.3) is 0 Å². The summed E-state index contributed by atoms with van der Waals surface area (Å²) < 4.78 is 0. The van der Waals surface area contributed by atoms with Gasteiger partial charge in [-0.15, -0.1) is 0 Å². The van der Waals surface area contributed by atoms with E-state index >= 15 is 0 Å². The molecule has 0 fully saturated rings. The Bertz CT molecular complexity index is 997. The number of primary amides is 1. The number of benzene rings is 1. The SMILES string of the molecule is CC(C)C(NC(=O)C(Cc1ccc(O)cc1)NC(=O)C(N)CCC(=O)O)C(=O)NC(CC(N)=O)C(=O)O. The molecule has 1 aromatic carbocycles. The van der Waals surface area contributed by atoms with Crippen LogP contribution in [-0.4, -0.2) is 75.1 Å². The van der Waals surface area contributed by atoms with Gasteiger partial charge in [-0.25, -0.2) is 4.79 Å². The van der Waals surface area contributed by atoms with Crippen LogP contribution in [0.4, 0.5) is 0 Å². The van der Waals surface area contributed by atoms with Gasteiger partial charge in [0.1, 0.15) is 23.9 Å². The predicted octanol–water partition coefficient (Wildman–Crippen LogP) is -1.80. The number of hydrogen-bond acceptors (Lipinski definition) is 8. The van der Waals surface area contributed by atoms with Crippen LogP contribution in [0.5, 0.6) is 5.75 Å². The summed E-state index contributed by atoms with van der Waals surface area (Å²) in [5.74, 6) is -6.63. The van der Waals surface area contributed by atoms with Crippen molar-refractivity contribution in [3.63, 3.8) is 0 Å². The predicted molar refractivity (Wildman–Crippen MR) is 129 cm³/mol. The van der Waals surface area contributed by atoms with E-state index in [0.29, 0.717) is 5.56 Å². The lowest BCUT2D eigenvalue weighted by molar-refractivity contribution is -0.144. The summed E-state index contributed by atoms with van der Waals surface area (Å²) in [6.07, 6.45) is -1.28. The third kappa shape index (κ3) is 10.9. The van der Waals surface area contributed by atoms with Gasteiger partial charge in [0, 0.05) is 12.8 Å². The second-order valence-electron chi connectivity index (χ2n) is 8.77. The Morgan fingerprint density at radius 1 is 0.865 bits per heavy atom. The lowest BCUT2D eigenvalue weighted by Gasteiger charge is -2.27. The minimum atomic E-state index is -1.61. The number of carbonyl (C=O) groups is 6. The summed E-state index contributed by atoms with van der Waals surface area (Å²) in [7, 11) is 0. The molecule has 14 nitrogen and oxygen atoms in total. The molecule has 0 bridgehead atoms. The summed E-state index contributed by atoms with van der Waals surface area (Å²) >= 11 is 0. The quantitative estimate of drug-likeness (QED) is 0.128. The van der Waals surface area contributed by atoms with Crippen LogP contribution in [0, 0.1) is 5.92 Å². The molecular weight excluding hydrogens is 490 g/mol. The minimum absolute atomic E-state index is 0.0232. The number of phenolic OH excluding ortho intramolecular Hbond substituents is 1. The lowest BCUT2D eigenvalue weighted by atomic mass is 10.00. The average Bonchev–Trinajstić information content (AvgIpc) is 2.80. The Kier molecular flexibility index (Phi) is 12.0. The molecule has 1 aromatic rings. The maximum Gasteiger partial charge on any atom is 0.326 e. The van der Waals surface area contributed by atoms with Crippen LogP contribution in [0.3, 0.4) is 0 Å². The first-order chi connectivity index (χ1) is 17.2. The third-order valence-electron chi connectivity index (χ3n) is 5.28. The number of nitrogens with one attached hydrogen (secondary N) is 3. The fourth-order valence-electron chi connectivity index (χ4n) is 3.22. The van der Waals surface area contributed by atoms with Crippen molar-refractivity contribution in [2.24, 2.45) is 17.4 Å². The lowest BCUT2D eigenvalue weighted by Crippen LogP contribution is -2.59. The van der Waals surface area contributed by atoms with E-state index in [1.165, 1.54) is 24.3 Å². The Hall–Kier alpha value is -4.20. The van der Waals surface area contributed by atoms with Crippen molar-refractivity contribution < 1.29 is 44.1 Å². The normalized spacial score (nSPS) is 14.1. The number of carboxylic acids is 2. The van der Waals surface area contributed by atoms with Gasteiger partial charge in [0.15, 0.2) is 0 Å². The van der Waals surface area contributed by atoms with Gasteiger partial charge in [0.2, 0.25) is 23.6 Å². The number of amides is 4. The number of aliphatic carboxylic acids is 2. The molecule has 14 heteroatoms. The van der Waals surface area contributed by atoms with Crippen LogP contribution in [0.2, 0.25) is 0 Å². The van der Waals surface area contributed by atoms with Gasteiger partial charge in [0.05, 0.1) is 12.5 Å². The van der Waals surface area contributed by atoms with Crippen LogP contribution >= 0.6 is 0 Å². The highest BCUT2D eigenvalue weighted by Crippen LogP contribution is 2.13. The van der Waals surface area contributed by atoms with Gasteiger partial charge >= 0.3 is 11.9 Å². The molecule has 0 spiro atoms. The molecule has 4 amide bonds. The Labute approximate surface area is 212 Å². The van der Waals surface area contributed by atoms with Crippen molar-refractivity contribution >= 4 is 35.6 Å². The molecule has 0 aliphatic carbocycles. The largest absolute Gasteiger partial charge is 0.508 e. The van der Waals surface area contributed by atoms with Crippen molar-refractivity contribution in [1.82, 2.24) is 16.0 Å². The molecule has 4 atom stereocenters. The first-order valence-corrected chi connectivity index (χ1v) is 11.4. The maximum absolute atomic E-state index is 13.2. The number of hydrogen-bond donors (Lipinski definition) is 8. The summed E-state index contributed by atoms with van der Waals surface area (Å²) in [6, 6.07) is 0.438. The molecule has 10 N–H and O–H groups in total. The molecule has 0 heterocycles. The van der Waals surface area contributed by atoms with Crippen LogP contribution in [0.1, 0.15) is 38.7 Å². The second-order valence-corrected chi connectivity index (χ2v) is 8.77. The Morgan fingerprint density at radius 3 is 1.92 bits per heavy atom. The van der Waals surface area contributed by atoms with E-state index in [4.69, 9.17) is 16.6 Å². The van der Waals surface area contributed by atoms with Gasteiger partial charge in [-0.2, -0.15) is 0 Å². The summed E-state index contributed by atoms with van der Waals surface area (Å²) in [6.45, 7) is 3.17. The number of phenols is 1.